The first-order valence-electron chi connectivity index (χ1n) is 10.7. The first-order chi connectivity index (χ1) is 16.3. The van der Waals surface area contributed by atoms with Crippen molar-refractivity contribution in [3.8, 4) is 0 Å². The van der Waals surface area contributed by atoms with Crippen LogP contribution in [0.25, 0.3) is 11.0 Å². The summed E-state index contributed by atoms with van der Waals surface area (Å²) in [6.07, 6.45) is 0. The van der Waals surface area contributed by atoms with Crippen LogP contribution in [0.4, 0.5) is 11.5 Å². The normalized spacial score (nSPS) is 10.8. The highest BCUT2D eigenvalue weighted by molar-refractivity contribution is 6.33. The zero-order valence-electron chi connectivity index (χ0n) is 18.8. The minimum absolute atomic E-state index is 0.0278. The molecule has 0 atom stereocenters. The molecule has 1 heterocycles. The molecule has 0 radical (unpaired) electrons. The molecule has 172 valence electrons. The Balaban J connectivity index is 1.76. The van der Waals surface area contributed by atoms with E-state index in [1.54, 1.807) is 48.5 Å². The topological polar surface area (TPSA) is 84.3 Å². The number of benzene rings is 3. The van der Waals surface area contributed by atoms with Crippen molar-refractivity contribution in [2.24, 2.45) is 0 Å². The molecule has 0 spiro atoms. The maximum Gasteiger partial charge on any atom is 0.294 e. The summed E-state index contributed by atoms with van der Waals surface area (Å²) in [5.74, 6) is -0.777. The molecule has 4 rings (SSSR count). The van der Waals surface area contributed by atoms with E-state index in [2.05, 4.69) is 10.3 Å². The summed E-state index contributed by atoms with van der Waals surface area (Å²) >= 11 is 6.15. The lowest BCUT2D eigenvalue weighted by Crippen LogP contribution is -2.38. The van der Waals surface area contributed by atoms with E-state index < -0.39 is 11.5 Å². The quantitative estimate of drug-likeness (QED) is 0.444. The third kappa shape index (κ3) is 4.84. The second-order valence-electron chi connectivity index (χ2n) is 7.88. The second kappa shape index (κ2) is 9.89. The SMILES string of the molecule is CC(=O)N(Cc1ccccc1C)c1nc2ccccc2n(CC(=O)Nc2ccccc2Cl)c1=O. The van der Waals surface area contributed by atoms with Crippen LogP contribution in [0.2, 0.25) is 5.02 Å². The minimum atomic E-state index is -0.531. The molecule has 2 amide bonds. The van der Waals surface area contributed by atoms with Crippen LogP contribution in [0, 0.1) is 6.92 Å². The lowest BCUT2D eigenvalue weighted by Gasteiger charge is -2.22. The largest absolute Gasteiger partial charge is 0.323 e. The molecule has 34 heavy (non-hydrogen) atoms. The third-order valence-electron chi connectivity index (χ3n) is 5.51. The summed E-state index contributed by atoms with van der Waals surface area (Å²) in [5, 5.41) is 3.13. The fourth-order valence-electron chi connectivity index (χ4n) is 3.70. The molecular weight excluding hydrogens is 452 g/mol. The van der Waals surface area contributed by atoms with Crippen LogP contribution in [0.5, 0.6) is 0 Å². The second-order valence-corrected chi connectivity index (χ2v) is 8.28. The van der Waals surface area contributed by atoms with E-state index in [-0.39, 0.29) is 24.8 Å². The summed E-state index contributed by atoms with van der Waals surface area (Å²) in [6.45, 7) is 3.26. The Kier molecular flexibility index (Phi) is 6.75. The van der Waals surface area contributed by atoms with Crippen LogP contribution >= 0.6 is 11.6 Å². The molecule has 0 aliphatic carbocycles. The molecule has 0 fully saturated rings. The minimum Gasteiger partial charge on any atom is -0.323 e. The maximum atomic E-state index is 13.6. The van der Waals surface area contributed by atoms with Crippen molar-refractivity contribution < 1.29 is 9.59 Å². The average molecular weight is 475 g/mol. The number of halogens is 1. The molecular formula is C26H23ClN4O3. The lowest BCUT2D eigenvalue weighted by molar-refractivity contribution is -0.117. The molecule has 8 heteroatoms. The predicted molar refractivity (Wildman–Crippen MR) is 134 cm³/mol. The number of aryl methyl sites for hydroxylation is 1. The van der Waals surface area contributed by atoms with Crippen molar-refractivity contribution in [3.05, 3.63) is 99.3 Å². The highest BCUT2D eigenvalue weighted by Crippen LogP contribution is 2.21. The molecule has 0 saturated carbocycles. The van der Waals surface area contributed by atoms with E-state index in [0.29, 0.717) is 21.7 Å². The molecule has 0 aliphatic rings. The van der Waals surface area contributed by atoms with Crippen molar-refractivity contribution in [1.29, 1.82) is 0 Å². The number of anilines is 2. The van der Waals surface area contributed by atoms with E-state index >= 15 is 0 Å². The first kappa shape index (κ1) is 23.2. The fourth-order valence-corrected chi connectivity index (χ4v) is 3.88. The summed E-state index contributed by atoms with van der Waals surface area (Å²) in [5.41, 5.74) is 2.80. The van der Waals surface area contributed by atoms with Crippen LogP contribution in [-0.2, 0) is 22.7 Å². The van der Waals surface area contributed by atoms with Gasteiger partial charge in [-0.15, -0.1) is 0 Å². The monoisotopic (exact) mass is 474 g/mol. The van der Waals surface area contributed by atoms with Crippen LogP contribution in [0.3, 0.4) is 0 Å². The first-order valence-corrected chi connectivity index (χ1v) is 11.1. The molecule has 0 saturated heterocycles. The standard InChI is InChI=1S/C26H23ClN4O3/c1-17-9-3-4-10-19(17)15-30(18(2)32)25-26(34)31(23-14-8-7-13-22(23)29-25)16-24(33)28-21-12-6-5-11-20(21)27/h3-14H,15-16H2,1-2H3,(H,28,33). The number of amides is 2. The van der Waals surface area contributed by atoms with E-state index in [1.165, 1.54) is 16.4 Å². The highest BCUT2D eigenvalue weighted by Gasteiger charge is 2.22. The molecule has 1 aromatic heterocycles. The number of para-hydroxylation sites is 3. The van der Waals surface area contributed by atoms with Gasteiger partial charge in [0.05, 0.1) is 28.3 Å². The molecule has 0 aliphatic heterocycles. The molecule has 4 aromatic rings. The van der Waals surface area contributed by atoms with E-state index in [1.807, 2.05) is 31.2 Å². The number of aromatic nitrogens is 2. The van der Waals surface area contributed by atoms with Gasteiger partial charge >= 0.3 is 0 Å². The number of hydrogen-bond donors (Lipinski definition) is 1. The van der Waals surface area contributed by atoms with Gasteiger partial charge in [-0.1, -0.05) is 60.1 Å². The van der Waals surface area contributed by atoms with Gasteiger partial charge in [0.15, 0.2) is 0 Å². The van der Waals surface area contributed by atoms with Crippen LogP contribution in [0.1, 0.15) is 18.1 Å². The van der Waals surface area contributed by atoms with Crippen molar-refractivity contribution >= 4 is 46.0 Å². The van der Waals surface area contributed by atoms with Crippen molar-refractivity contribution in [2.45, 2.75) is 26.9 Å². The van der Waals surface area contributed by atoms with E-state index in [9.17, 15) is 14.4 Å². The van der Waals surface area contributed by atoms with Gasteiger partial charge in [-0.2, -0.15) is 0 Å². The van der Waals surface area contributed by atoms with Gasteiger partial charge in [-0.25, -0.2) is 4.98 Å². The van der Waals surface area contributed by atoms with Gasteiger partial charge in [0.25, 0.3) is 5.56 Å². The van der Waals surface area contributed by atoms with Crippen LogP contribution in [0.15, 0.2) is 77.6 Å². The van der Waals surface area contributed by atoms with Gasteiger partial charge in [-0.05, 0) is 42.3 Å². The van der Waals surface area contributed by atoms with Crippen molar-refractivity contribution in [2.75, 3.05) is 10.2 Å². The van der Waals surface area contributed by atoms with Gasteiger partial charge in [0.1, 0.15) is 6.54 Å². The molecule has 1 N–H and O–H groups in total. The number of nitrogens with one attached hydrogen (secondary N) is 1. The molecule has 3 aromatic carbocycles. The number of fused-ring (bicyclic) bond motifs is 1. The average Bonchev–Trinajstić information content (AvgIpc) is 2.82. The van der Waals surface area contributed by atoms with Crippen LogP contribution in [-0.4, -0.2) is 21.4 Å². The van der Waals surface area contributed by atoms with Gasteiger partial charge in [0.2, 0.25) is 17.6 Å². The summed E-state index contributed by atoms with van der Waals surface area (Å²) < 4.78 is 1.33. The fraction of sp³-hybridized carbons (Fsp3) is 0.154. The third-order valence-corrected chi connectivity index (χ3v) is 5.84. The Bertz CT molecular complexity index is 1450. The number of nitrogens with zero attached hydrogens (tertiary/aromatic N) is 3. The zero-order valence-corrected chi connectivity index (χ0v) is 19.5. The van der Waals surface area contributed by atoms with E-state index in [4.69, 9.17) is 11.6 Å². The number of rotatable bonds is 6. The highest BCUT2D eigenvalue weighted by atomic mass is 35.5. The Morgan fingerprint density at radius 2 is 1.68 bits per heavy atom. The van der Waals surface area contributed by atoms with E-state index in [0.717, 1.165) is 11.1 Å². The number of carbonyl (C=O) groups excluding carboxylic acids is 2. The number of carbonyl (C=O) groups is 2. The predicted octanol–water partition coefficient (Wildman–Crippen LogP) is 4.55. The Hall–Kier alpha value is -3.97. The maximum absolute atomic E-state index is 13.6. The lowest BCUT2D eigenvalue weighted by atomic mass is 10.1. The van der Waals surface area contributed by atoms with Gasteiger partial charge < -0.3 is 5.32 Å². The molecule has 0 bridgehead atoms. The molecule has 0 unspecified atom stereocenters. The summed E-state index contributed by atoms with van der Waals surface area (Å²) in [7, 11) is 0. The summed E-state index contributed by atoms with van der Waals surface area (Å²) in [6, 6.07) is 21.5. The van der Waals surface area contributed by atoms with Crippen molar-refractivity contribution in [3.63, 3.8) is 0 Å². The van der Waals surface area contributed by atoms with Crippen molar-refractivity contribution in [1.82, 2.24) is 9.55 Å². The summed E-state index contributed by atoms with van der Waals surface area (Å²) in [4.78, 5) is 44.9. The van der Waals surface area contributed by atoms with Gasteiger partial charge in [-0.3, -0.25) is 23.9 Å². The number of hydrogen-bond acceptors (Lipinski definition) is 4. The van der Waals surface area contributed by atoms with Crippen LogP contribution < -0.4 is 15.8 Å². The Morgan fingerprint density at radius 3 is 2.41 bits per heavy atom. The Labute approximate surface area is 201 Å². The smallest absolute Gasteiger partial charge is 0.294 e. The molecule has 7 nitrogen and oxygen atoms in total. The van der Waals surface area contributed by atoms with Gasteiger partial charge in [0, 0.05) is 6.92 Å². The Morgan fingerprint density at radius 1 is 1.00 bits per heavy atom. The zero-order chi connectivity index (χ0) is 24.2.